The Morgan fingerprint density at radius 3 is 2.76 bits per heavy atom. The average molecular weight is 297 g/mol. The van der Waals surface area contributed by atoms with Crippen molar-refractivity contribution in [1.82, 2.24) is 5.32 Å². The van der Waals surface area contributed by atoms with Gasteiger partial charge in [0.25, 0.3) is 0 Å². The summed E-state index contributed by atoms with van der Waals surface area (Å²) in [7, 11) is 0. The lowest BCUT2D eigenvalue weighted by Gasteiger charge is -2.33. The normalized spacial score (nSPS) is 20.4. The fourth-order valence-corrected chi connectivity index (χ4v) is 2.12. The van der Waals surface area contributed by atoms with Crippen LogP contribution in [-0.2, 0) is 9.59 Å². The molecule has 1 heterocycles. The Bertz CT molecular complexity index is 487. The molecule has 0 bridgehead atoms. The van der Waals surface area contributed by atoms with Gasteiger partial charge in [-0.1, -0.05) is 15.9 Å². The Labute approximate surface area is 108 Å². The second kappa shape index (κ2) is 4.49. The maximum Gasteiger partial charge on any atom is 0.247 e. The first-order chi connectivity index (χ1) is 8.00. The number of nitrogens with one attached hydrogen (secondary N) is 1. The molecule has 1 aliphatic rings. The van der Waals surface area contributed by atoms with E-state index in [4.69, 9.17) is 0 Å². The SMILES string of the molecule is Cc1cc(N2C(=O)CNC(=O)C2C)ccc1Br. The molecular formula is C12H13BrN2O2. The average Bonchev–Trinajstić information content (AvgIpc) is 2.29. The molecular weight excluding hydrogens is 284 g/mol. The summed E-state index contributed by atoms with van der Waals surface area (Å²) >= 11 is 3.41. The van der Waals surface area contributed by atoms with Crippen molar-refractivity contribution in [2.45, 2.75) is 19.9 Å². The third kappa shape index (κ3) is 2.20. The van der Waals surface area contributed by atoms with Crippen LogP contribution in [0.5, 0.6) is 0 Å². The summed E-state index contributed by atoms with van der Waals surface area (Å²) in [6.07, 6.45) is 0. The first-order valence-corrected chi connectivity index (χ1v) is 6.16. The molecule has 1 unspecified atom stereocenters. The van der Waals surface area contributed by atoms with Crippen LogP contribution in [0.3, 0.4) is 0 Å². The lowest BCUT2D eigenvalue weighted by atomic mass is 10.1. The van der Waals surface area contributed by atoms with E-state index in [2.05, 4.69) is 21.2 Å². The number of rotatable bonds is 1. The van der Waals surface area contributed by atoms with Gasteiger partial charge in [-0.3, -0.25) is 14.5 Å². The summed E-state index contributed by atoms with van der Waals surface area (Å²) in [6.45, 7) is 3.74. The quantitative estimate of drug-likeness (QED) is 0.856. The van der Waals surface area contributed by atoms with Gasteiger partial charge in [-0.2, -0.15) is 0 Å². The molecule has 1 aliphatic heterocycles. The largest absolute Gasteiger partial charge is 0.345 e. The lowest BCUT2D eigenvalue weighted by molar-refractivity contribution is -0.130. The van der Waals surface area contributed by atoms with Gasteiger partial charge in [0.05, 0.1) is 6.54 Å². The van der Waals surface area contributed by atoms with Crippen molar-refractivity contribution in [1.29, 1.82) is 0 Å². The number of amides is 2. The van der Waals surface area contributed by atoms with Crippen molar-refractivity contribution in [3.63, 3.8) is 0 Å². The van der Waals surface area contributed by atoms with Crippen LogP contribution in [0.2, 0.25) is 0 Å². The topological polar surface area (TPSA) is 49.4 Å². The Kier molecular flexibility index (Phi) is 3.19. The summed E-state index contributed by atoms with van der Waals surface area (Å²) in [5.74, 6) is -0.205. The van der Waals surface area contributed by atoms with Gasteiger partial charge < -0.3 is 5.32 Å². The molecule has 90 valence electrons. The molecule has 0 radical (unpaired) electrons. The zero-order valence-electron chi connectivity index (χ0n) is 9.66. The molecule has 1 aromatic carbocycles. The first kappa shape index (κ1) is 12.1. The highest BCUT2D eigenvalue weighted by atomic mass is 79.9. The van der Waals surface area contributed by atoms with Gasteiger partial charge in [-0.25, -0.2) is 0 Å². The van der Waals surface area contributed by atoms with Crippen LogP contribution in [0.15, 0.2) is 22.7 Å². The van der Waals surface area contributed by atoms with Crippen molar-refractivity contribution < 1.29 is 9.59 Å². The second-order valence-electron chi connectivity index (χ2n) is 4.09. The van der Waals surface area contributed by atoms with Gasteiger partial charge >= 0.3 is 0 Å². The third-order valence-electron chi connectivity index (χ3n) is 2.87. The number of carbonyl (C=O) groups is 2. The van der Waals surface area contributed by atoms with Crippen molar-refractivity contribution in [3.8, 4) is 0 Å². The molecule has 2 amide bonds. The van der Waals surface area contributed by atoms with Crippen LogP contribution >= 0.6 is 15.9 Å². The molecule has 2 rings (SSSR count). The number of piperazine rings is 1. The van der Waals surface area contributed by atoms with Crippen LogP contribution in [0.4, 0.5) is 5.69 Å². The van der Waals surface area contributed by atoms with Crippen LogP contribution in [0.25, 0.3) is 0 Å². The Balaban J connectivity index is 2.39. The van der Waals surface area contributed by atoms with Crippen LogP contribution in [0.1, 0.15) is 12.5 Å². The van der Waals surface area contributed by atoms with Crippen LogP contribution < -0.4 is 10.2 Å². The minimum Gasteiger partial charge on any atom is -0.345 e. The highest BCUT2D eigenvalue weighted by molar-refractivity contribution is 9.10. The van der Waals surface area contributed by atoms with Crippen LogP contribution in [0, 0.1) is 6.92 Å². The molecule has 1 aromatic rings. The van der Waals surface area contributed by atoms with Crippen LogP contribution in [-0.4, -0.2) is 24.4 Å². The molecule has 5 heteroatoms. The molecule has 1 N–H and O–H groups in total. The predicted octanol–water partition coefficient (Wildman–Crippen LogP) is 1.61. The van der Waals surface area contributed by atoms with Gasteiger partial charge in [-0.05, 0) is 37.6 Å². The molecule has 0 saturated carbocycles. The maximum absolute atomic E-state index is 11.8. The third-order valence-corrected chi connectivity index (χ3v) is 3.76. The monoisotopic (exact) mass is 296 g/mol. The van der Waals surface area contributed by atoms with E-state index in [1.165, 1.54) is 4.90 Å². The zero-order chi connectivity index (χ0) is 12.6. The van der Waals surface area contributed by atoms with Gasteiger partial charge in [-0.15, -0.1) is 0 Å². The molecule has 0 aromatic heterocycles. The number of carbonyl (C=O) groups excluding carboxylic acids is 2. The fraction of sp³-hybridized carbons (Fsp3) is 0.333. The number of halogens is 1. The fourth-order valence-electron chi connectivity index (χ4n) is 1.88. The van der Waals surface area contributed by atoms with E-state index in [9.17, 15) is 9.59 Å². The number of anilines is 1. The van der Waals surface area contributed by atoms with Crippen molar-refractivity contribution in [2.24, 2.45) is 0 Å². The Morgan fingerprint density at radius 1 is 1.41 bits per heavy atom. The highest BCUT2D eigenvalue weighted by Crippen LogP contribution is 2.25. The second-order valence-corrected chi connectivity index (χ2v) is 4.95. The van der Waals surface area contributed by atoms with Gasteiger partial charge in [0.1, 0.15) is 6.04 Å². The van der Waals surface area contributed by atoms with Gasteiger partial charge in [0, 0.05) is 10.2 Å². The number of nitrogens with zero attached hydrogens (tertiary/aromatic N) is 1. The smallest absolute Gasteiger partial charge is 0.247 e. The van der Waals surface area contributed by atoms with Crippen molar-refractivity contribution in [3.05, 3.63) is 28.2 Å². The molecule has 1 fully saturated rings. The molecule has 4 nitrogen and oxygen atoms in total. The van der Waals surface area contributed by atoms with E-state index in [0.29, 0.717) is 0 Å². The molecule has 0 aliphatic carbocycles. The Hall–Kier alpha value is -1.36. The van der Waals surface area contributed by atoms with Crippen molar-refractivity contribution in [2.75, 3.05) is 11.4 Å². The summed E-state index contributed by atoms with van der Waals surface area (Å²) in [4.78, 5) is 24.9. The summed E-state index contributed by atoms with van der Waals surface area (Å²) in [5, 5.41) is 2.57. The number of hydrogen-bond acceptors (Lipinski definition) is 2. The highest BCUT2D eigenvalue weighted by Gasteiger charge is 2.32. The zero-order valence-corrected chi connectivity index (χ0v) is 11.2. The number of aryl methyl sites for hydroxylation is 1. The molecule has 17 heavy (non-hydrogen) atoms. The summed E-state index contributed by atoms with van der Waals surface area (Å²) < 4.78 is 0.989. The maximum atomic E-state index is 11.8. The lowest BCUT2D eigenvalue weighted by Crippen LogP contribution is -2.57. The van der Waals surface area contributed by atoms with Gasteiger partial charge in [0.2, 0.25) is 11.8 Å². The Morgan fingerprint density at radius 2 is 2.12 bits per heavy atom. The van der Waals surface area contributed by atoms with Crippen molar-refractivity contribution >= 4 is 33.4 Å². The number of hydrogen-bond donors (Lipinski definition) is 1. The minimum absolute atomic E-state index is 0.0677. The molecule has 0 spiro atoms. The molecule has 1 atom stereocenters. The predicted molar refractivity (Wildman–Crippen MR) is 68.8 cm³/mol. The number of benzene rings is 1. The standard InChI is InChI=1S/C12H13BrN2O2/c1-7-5-9(3-4-10(7)13)15-8(2)12(17)14-6-11(15)16/h3-5,8H,6H2,1-2H3,(H,14,17). The first-order valence-electron chi connectivity index (χ1n) is 5.36. The summed E-state index contributed by atoms with van der Waals surface area (Å²) in [5.41, 5.74) is 1.80. The van der Waals surface area contributed by atoms with E-state index in [-0.39, 0.29) is 18.4 Å². The minimum atomic E-state index is -0.461. The summed E-state index contributed by atoms with van der Waals surface area (Å²) in [6, 6.07) is 5.16. The van der Waals surface area contributed by atoms with E-state index >= 15 is 0 Å². The van der Waals surface area contributed by atoms with Gasteiger partial charge in [0.15, 0.2) is 0 Å². The van der Waals surface area contributed by atoms with E-state index in [1.54, 1.807) is 6.92 Å². The molecule has 1 saturated heterocycles. The van der Waals surface area contributed by atoms with E-state index in [1.807, 2.05) is 25.1 Å². The van der Waals surface area contributed by atoms with E-state index < -0.39 is 6.04 Å². The van der Waals surface area contributed by atoms with E-state index in [0.717, 1.165) is 15.7 Å².